The van der Waals surface area contributed by atoms with E-state index in [0.29, 0.717) is 43.9 Å². The number of nitrogens with one attached hydrogen (secondary N) is 1. The molecule has 3 N–H and O–H groups in total. The van der Waals surface area contributed by atoms with Crippen LogP contribution in [0.15, 0.2) is 29.2 Å². The van der Waals surface area contributed by atoms with Gasteiger partial charge >= 0.3 is 0 Å². The van der Waals surface area contributed by atoms with Crippen molar-refractivity contribution in [2.24, 2.45) is 17.6 Å². The predicted molar refractivity (Wildman–Crippen MR) is 115 cm³/mol. The Kier molecular flexibility index (Phi) is 8.93. The number of nitrogens with two attached hydrogens (primary N) is 1. The Balaban J connectivity index is 0.00000392. The van der Waals surface area contributed by atoms with E-state index >= 15 is 0 Å². The number of carbonyl (C=O) groups is 1. The van der Waals surface area contributed by atoms with Crippen molar-refractivity contribution in [3.8, 4) is 0 Å². The smallest absolute Gasteiger partial charge is 0.243 e. The molecule has 160 valence electrons. The van der Waals surface area contributed by atoms with Crippen molar-refractivity contribution in [2.45, 2.75) is 50.8 Å². The number of benzene rings is 1. The summed E-state index contributed by atoms with van der Waals surface area (Å²) in [6.45, 7) is 10.1. The Morgan fingerprint density at radius 2 is 1.75 bits per heavy atom. The highest BCUT2D eigenvalue weighted by Crippen LogP contribution is 2.27. The Bertz CT molecular complexity index is 737. The molecule has 0 saturated carbocycles. The molecule has 1 amide bonds. The largest absolute Gasteiger partial charge is 0.356 e. The molecule has 28 heavy (non-hydrogen) atoms. The summed E-state index contributed by atoms with van der Waals surface area (Å²) in [4.78, 5) is 12.6. The summed E-state index contributed by atoms with van der Waals surface area (Å²) in [6, 6.07) is 7.13. The van der Waals surface area contributed by atoms with E-state index in [-0.39, 0.29) is 35.6 Å². The van der Waals surface area contributed by atoms with E-state index in [1.165, 1.54) is 4.31 Å². The average molecular weight is 432 g/mol. The second kappa shape index (κ2) is 10.1. The first-order valence-electron chi connectivity index (χ1n) is 9.64. The fraction of sp³-hybridized carbons (Fsp3) is 0.650. The molecule has 1 aliphatic rings. The maximum absolute atomic E-state index is 12.9. The third kappa shape index (κ3) is 6.17. The number of carbonyl (C=O) groups excluding carboxylic acids is 1. The van der Waals surface area contributed by atoms with Gasteiger partial charge in [0.15, 0.2) is 0 Å². The maximum atomic E-state index is 12.9. The lowest BCUT2D eigenvalue weighted by Crippen LogP contribution is -2.44. The highest BCUT2D eigenvalue weighted by molar-refractivity contribution is 7.89. The van der Waals surface area contributed by atoms with E-state index in [9.17, 15) is 13.2 Å². The number of nitrogens with zero attached hydrogens (tertiary/aromatic N) is 1. The normalized spacial score (nSPS) is 17.6. The number of rotatable bonds is 6. The van der Waals surface area contributed by atoms with Gasteiger partial charge in [-0.3, -0.25) is 4.79 Å². The minimum Gasteiger partial charge on any atom is -0.356 e. The summed E-state index contributed by atoms with van der Waals surface area (Å²) >= 11 is 0. The molecule has 1 fully saturated rings. The first kappa shape index (κ1) is 24.9. The Hall–Kier alpha value is -1.15. The van der Waals surface area contributed by atoms with Crippen molar-refractivity contribution >= 4 is 28.3 Å². The van der Waals surface area contributed by atoms with Crippen LogP contribution in [0.25, 0.3) is 0 Å². The highest BCUT2D eigenvalue weighted by Gasteiger charge is 2.32. The minimum atomic E-state index is -3.52. The number of amides is 1. The van der Waals surface area contributed by atoms with Crippen molar-refractivity contribution in [1.82, 2.24) is 9.62 Å². The van der Waals surface area contributed by atoms with Crippen LogP contribution in [0.5, 0.6) is 0 Å². The fourth-order valence-electron chi connectivity index (χ4n) is 3.14. The van der Waals surface area contributed by atoms with E-state index < -0.39 is 10.0 Å². The standard InChI is InChI=1S/C20H33N3O3S.ClH/c1-15(13-21)14-22-19(24)16-9-11-23(12-10-16)27(25,26)18-7-5-17(6-8-18)20(2,3)4;/h5-8,15-16H,9-14,21H2,1-4H3,(H,22,24);1H. The zero-order valence-electron chi connectivity index (χ0n) is 17.3. The van der Waals surface area contributed by atoms with Gasteiger partial charge in [0.2, 0.25) is 15.9 Å². The molecule has 6 nitrogen and oxygen atoms in total. The number of sulfonamides is 1. The minimum absolute atomic E-state index is 0. The van der Waals surface area contributed by atoms with E-state index in [0.717, 1.165) is 5.56 Å². The Morgan fingerprint density at radius 1 is 1.21 bits per heavy atom. The van der Waals surface area contributed by atoms with Gasteiger partial charge in [-0.15, -0.1) is 12.4 Å². The average Bonchev–Trinajstić information content (AvgIpc) is 2.65. The Labute approximate surface area is 175 Å². The molecule has 1 aromatic carbocycles. The van der Waals surface area contributed by atoms with Crippen LogP contribution in [0.4, 0.5) is 0 Å². The van der Waals surface area contributed by atoms with E-state index in [2.05, 4.69) is 26.1 Å². The first-order valence-corrected chi connectivity index (χ1v) is 11.1. The fourth-order valence-corrected chi connectivity index (χ4v) is 4.61. The zero-order valence-corrected chi connectivity index (χ0v) is 18.9. The van der Waals surface area contributed by atoms with E-state index in [4.69, 9.17) is 5.73 Å². The molecule has 8 heteroatoms. The first-order chi connectivity index (χ1) is 12.6. The molecular weight excluding hydrogens is 398 g/mol. The number of hydrogen-bond acceptors (Lipinski definition) is 4. The topological polar surface area (TPSA) is 92.5 Å². The van der Waals surface area contributed by atoms with Gasteiger partial charge in [-0.2, -0.15) is 4.31 Å². The van der Waals surface area contributed by atoms with E-state index in [1.54, 1.807) is 12.1 Å². The van der Waals surface area contributed by atoms with Gasteiger partial charge in [-0.05, 0) is 48.4 Å². The van der Waals surface area contributed by atoms with Gasteiger partial charge in [0.05, 0.1) is 4.90 Å². The van der Waals surface area contributed by atoms with Crippen LogP contribution < -0.4 is 11.1 Å². The molecule has 1 aromatic rings. The monoisotopic (exact) mass is 431 g/mol. The highest BCUT2D eigenvalue weighted by atomic mass is 35.5. The molecule has 0 aromatic heterocycles. The van der Waals surface area contributed by atoms with Crippen molar-refractivity contribution in [2.75, 3.05) is 26.2 Å². The van der Waals surface area contributed by atoms with Gasteiger partial charge in [0.25, 0.3) is 0 Å². The van der Waals surface area contributed by atoms with Gasteiger partial charge in [-0.25, -0.2) is 8.42 Å². The molecule has 0 bridgehead atoms. The lowest BCUT2D eigenvalue weighted by Gasteiger charge is -2.31. The summed E-state index contributed by atoms with van der Waals surface area (Å²) in [5.74, 6) is 0.108. The van der Waals surface area contributed by atoms with Gasteiger partial charge in [-0.1, -0.05) is 39.8 Å². The zero-order chi connectivity index (χ0) is 20.2. The van der Waals surface area contributed by atoms with Crippen LogP contribution in [0.1, 0.15) is 46.1 Å². The second-order valence-electron chi connectivity index (χ2n) is 8.54. The van der Waals surface area contributed by atoms with Crippen molar-refractivity contribution in [3.63, 3.8) is 0 Å². The quantitative estimate of drug-likeness (QED) is 0.723. The molecule has 0 spiro atoms. The molecule has 0 radical (unpaired) electrons. The van der Waals surface area contributed by atoms with Crippen LogP contribution in [-0.2, 0) is 20.2 Å². The summed E-state index contributed by atoms with van der Waals surface area (Å²) < 4.78 is 27.3. The maximum Gasteiger partial charge on any atom is 0.243 e. The predicted octanol–water partition coefficient (Wildman–Crippen LogP) is 2.52. The van der Waals surface area contributed by atoms with Crippen LogP contribution >= 0.6 is 12.4 Å². The van der Waals surface area contributed by atoms with Crippen molar-refractivity contribution < 1.29 is 13.2 Å². The third-order valence-corrected chi connectivity index (χ3v) is 7.12. The summed E-state index contributed by atoms with van der Waals surface area (Å²) in [5.41, 5.74) is 6.65. The number of hydrogen-bond donors (Lipinski definition) is 2. The summed E-state index contributed by atoms with van der Waals surface area (Å²) in [5, 5.41) is 2.92. The molecular formula is C20H34ClN3O3S. The molecule has 2 rings (SSSR count). The molecule has 1 saturated heterocycles. The van der Waals surface area contributed by atoms with Crippen LogP contribution in [0.2, 0.25) is 0 Å². The van der Waals surface area contributed by atoms with Gasteiger partial charge < -0.3 is 11.1 Å². The SMILES string of the molecule is CC(CN)CNC(=O)C1CCN(S(=O)(=O)c2ccc(C(C)(C)C)cc2)CC1.Cl. The van der Waals surface area contributed by atoms with Crippen molar-refractivity contribution in [1.29, 1.82) is 0 Å². The summed E-state index contributed by atoms with van der Waals surface area (Å²) in [6.07, 6.45) is 1.09. The van der Waals surface area contributed by atoms with Gasteiger partial charge in [0.1, 0.15) is 0 Å². The Morgan fingerprint density at radius 3 is 2.21 bits per heavy atom. The molecule has 1 unspecified atom stereocenters. The molecule has 1 heterocycles. The second-order valence-corrected chi connectivity index (χ2v) is 10.5. The number of halogens is 1. The van der Waals surface area contributed by atoms with Crippen LogP contribution in [0, 0.1) is 11.8 Å². The number of piperidine rings is 1. The third-order valence-electron chi connectivity index (χ3n) is 5.21. The molecule has 1 aliphatic heterocycles. The van der Waals surface area contributed by atoms with Crippen molar-refractivity contribution in [3.05, 3.63) is 29.8 Å². The van der Waals surface area contributed by atoms with Crippen LogP contribution in [0.3, 0.4) is 0 Å². The summed E-state index contributed by atoms with van der Waals surface area (Å²) in [7, 11) is -3.52. The lowest BCUT2D eigenvalue weighted by molar-refractivity contribution is -0.126. The molecule has 0 aliphatic carbocycles. The van der Waals surface area contributed by atoms with Crippen LogP contribution in [-0.4, -0.2) is 44.8 Å². The molecule has 1 atom stereocenters. The van der Waals surface area contributed by atoms with E-state index in [1.807, 2.05) is 19.1 Å². The lowest BCUT2D eigenvalue weighted by atomic mass is 9.87. The van der Waals surface area contributed by atoms with Gasteiger partial charge in [0, 0.05) is 25.6 Å².